The summed E-state index contributed by atoms with van der Waals surface area (Å²) in [5.74, 6) is 1.93. The fourth-order valence-corrected chi connectivity index (χ4v) is 9.30. The van der Waals surface area contributed by atoms with E-state index in [-0.39, 0.29) is 35.7 Å². The largest absolute Gasteiger partial charge is 0.462 e. The number of aliphatic hydroxyl groups excluding tert-OH is 2. The maximum atomic E-state index is 11.9. The van der Waals surface area contributed by atoms with E-state index < -0.39 is 23.2 Å². The molecule has 0 aromatic rings. The molecule has 0 aromatic carbocycles. The van der Waals surface area contributed by atoms with E-state index in [0.717, 1.165) is 25.7 Å². The zero-order chi connectivity index (χ0) is 25.1. The van der Waals surface area contributed by atoms with Gasteiger partial charge in [-0.25, -0.2) is 0 Å². The van der Waals surface area contributed by atoms with Crippen LogP contribution in [0.15, 0.2) is 12.2 Å². The normalized spacial score (nSPS) is 49.4. The number of aliphatic hydroxyl groups is 3. The molecule has 0 spiro atoms. The molecule has 0 aromatic heterocycles. The van der Waals surface area contributed by atoms with Crippen molar-refractivity contribution in [3.8, 4) is 0 Å². The highest BCUT2D eigenvalue weighted by Gasteiger charge is 2.69. The minimum Gasteiger partial charge on any atom is -0.462 e. The molecule has 34 heavy (non-hydrogen) atoms. The summed E-state index contributed by atoms with van der Waals surface area (Å²) in [6.07, 6.45) is 9.25. The number of allylic oxidation sites excluding steroid dienone is 2. The Morgan fingerprint density at radius 3 is 2.47 bits per heavy atom. The first-order chi connectivity index (χ1) is 15.8. The van der Waals surface area contributed by atoms with Gasteiger partial charge in [0.2, 0.25) is 0 Å². The van der Waals surface area contributed by atoms with Crippen LogP contribution in [0.1, 0.15) is 92.9 Å². The lowest BCUT2D eigenvalue weighted by atomic mass is 9.41. The molecule has 0 aliphatic heterocycles. The summed E-state index contributed by atoms with van der Waals surface area (Å²) in [6.45, 7) is 12.7. The van der Waals surface area contributed by atoms with Crippen molar-refractivity contribution in [1.82, 2.24) is 0 Å². The summed E-state index contributed by atoms with van der Waals surface area (Å²) >= 11 is 0. The van der Waals surface area contributed by atoms with Crippen LogP contribution in [-0.2, 0) is 9.53 Å². The molecule has 4 saturated carbocycles. The first-order valence-electron chi connectivity index (χ1n) is 13.8. The van der Waals surface area contributed by atoms with Gasteiger partial charge in [0.25, 0.3) is 0 Å². The highest BCUT2D eigenvalue weighted by atomic mass is 16.5. The van der Waals surface area contributed by atoms with Crippen LogP contribution in [0.2, 0.25) is 0 Å². The van der Waals surface area contributed by atoms with Crippen LogP contribution < -0.4 is 0 Å². The van der Waals surface area contributed by atoms with Crippen molar-refractivity contribution >= 4 is 5.97 Å². The molecular formula is C29H48O5. The molecule has 4 rings (SSSR count). The van der Waals surface area contributed by atoms with Crippen LogP contribution in [-0.4, -0.2) is 45.2 Å². The Labute approximate surface area is 206 Å². The molecule has 0 bridgehead atoms. The monoisotopic (exact) mass is 476 g/mol. The van der Waals surface area contributed by atoms with Crippen LogP contribution in [0, 0.1) is 46.3 Å². The van der Waals surface area contributed by atoms with Gasteiger partial charge in [-0.2, -0.15) is 0 Å². The van der Waals surface area contributed by atoms with Gasteiger partial charge in [-0.3, -0.25) is 4.79 Å². The van der Waals surface area contributed by atoms with Gasteiger partial charge >= 0.3 is 5.97 Å². The lowest BCUT2D eigenvalue weighted by Gasteiger charge is -2.66. The predicted molar refractivity (Wildman–Crippen MR) is 133 cm³/mol. The lowest BCUT2D eigenvalue weighted by Crippen LogP contribution is -2.71. The number of hydrogen-bond acceptors (Lipinski definition) is 5. The lowest BCUT2D eigenvalue weighted by molar-refractivity contribution is -0.283. The topological polar surface area (TPSA) is 87.0 Å². The van der Waals surface area contributed by atoms with Crippen molar-refractivity contribution in [2.24, 2.45) is 46.3 Å². The Morgan fingerprint density at radius 2 is 1.82 bits per heavy atom. The first kappa shape index (κ1) is 26.2. The molecule has 194 valence electrons. The second kappa shape index (κ2) is 9.19. The van der Waals surface area contributed by atoms with E-state index in [1.807, 2.05) is 0 Å². The molecule has 4 aliphatic carbocycles. The van der Waals surface area contributed by atoms with E-state index >= 15 is 0 Å². The number of carbonyl (C=O) groups is 1. The summed E-state index contributed by atoms with van der Waals surface area (Å²) < 4.78 is 5.46. The Hall–Kier alpha value is -0.910. The highest BCUT2D eigenvalue weighted by Crippen LogP contribution is 2.69. The summed E-state index contributed by atoms with van der Waals surface area (Å²) in [7, 11) is 0. The average molecular weight is 477 g/mol. The summed E-state index contributed by atoms with van der Waals surface area (Å²) in [6, 6.07) is 0. The third-order valence-electron chi connectivity index (χ3n) is 10.8. The summed E-state index contributed by atoms with van der Waals surface area (Å²) in [5.41, 5.74) is -1.89. The van der Waals surface area contributed by atoms with E-state index in [1.54, 1.807) is 0 Å². The van der Waals surface area contributed by atoms with Gasteiger partial charge < -0.3 is 20.1 Å². The van der Waals surface area contributed by atoms with Gasteiger partial charge in [-0.1, -0.05) is 46.8 Å². The molecule has 4 fully saturated rings. The van der Waals surface area contributed by atoms with Gasteiger partial charge in [0, 0.05) is 18.8 Å². The van der Waals surface area contributed by atoms with Crippen LogP contribution in [0.4, 0.5) is 0 Å². The summed E-state index contributed by atoms with van der Waals surface area (Å²) in [4.78, 5) is 11.6. The Morgan fingerprint density at radius 1 is 1.12 bits per heavy atom. The predicted octanol–water partition coefficient (Wildman–Crippen LogP) is 4.87. The van der Waals surface area contributed by atoms with Crippen molar-refractivity contribution < 1.29 is 24.9 Å². The van der Waals surface area contributed by atoms with E-state index in [0.29, 0.717) is 42.9 Å². The maximum Gasteiger partial charge on any atom is 0.302 e. The third-order valence-corrected chi connectivity index (χ3v) is 10.8. The number of ether oxygens (including phenoxy) is 1. The van der Waals surface area contributed by atoms with Gasteiger partial charge in [0.1, 0.15) is 6.10 Å². The minimum absolute atomic E-state index is 0.0391. The van der Waals surface area contributed by atoms with Crippen molar-refractivity contribution in [3.63, 3.8) is 0 Å². The molecule has 5 nitrogen and oxygen atoms in total. The van der Waals surface area contributed by atoms with Crippen molar-refractivity contribution in [3.05, 3.63) is 12.2 Å². The molecule has 0 amide bonds. The molecule has 11 atom stereocenters. The van der Waals surface area contributed by atoms with Crippen LogP contribution in [0.25, 0.3) is 0 Å². The van der Waals surface area contributed by atoms with Gasteiger partial charge in [0.05, 0.1) is 17.8 Å². The van der Waals surface area contributed by atoms with Gasteiger partial charge in [-0.05, 0) is 85.9 Å². The Bertz CT molecular complexity index is 793. The van der Waals surface area contributed by atoms with Crippen molar-refractivity contribution in [1.29, 1.82) is 0 Å². The van der Waals surface area contributed by atoms with E-state index in [2.05, 4.69) is 46.8 Å². The highest BCUT2D eigenvalue weighted by molar-refractivity contribution is 5.66. The number of esters is 1. The van der Waals surface area contributed by atoms with Crippen LogP contribution in [0.3, 0.4) is 0 Å². The number of rotatable bonds is 5. The third kappa shape index (κ3) is 4.08. The second-order valence-electron chi connectivity index (χ2n) is 13.2. The van der Waals surface area contributed by atoms with E-state index in [9.17, 15) is 20.1 Å². The second-order valence-corrected chi connectivity index (χ2v) is 13.2. The smallest absolute Gasteiger partial charge is 0.302 e. The van der Waals surface area contributed by atoms with Crippen molar-refractivity contribution in [2.75, 3.05) is 0 Å². The molecule has 3 N–H and O–H groups in total. The van der Waals surface area contributed by atoms with Gasteiger partial charge in [0.15, 0.2) is 0 Å². The zero-order valence-electron chi connectivity index (χ0n) is 22.2. The van der Waals surface area contributed by atoms with Crippen LogP contribution in [0.5, 0.6) is 0 Å². The fraction of sp³-hybridized carbons (Fsp3) is 0.897. The van der Waals surface area contributed by atoms with Crippen molar-refractivity contribution in [2.45, 2.75) is 117 Å². The first-order valence-corrected chi connectivity index (χ1v) is 13.8. The zero-order valence-corrected chi connectivity index (χ0v) is 22.2. The Kier molecular flexibility index (Phi) is 7.07. The van der Waals surface area contributed by atoms with Gasteiger partial charge in [-0.15, -0.1) is 0 Å². The number of carbonyl (C=O) groups excluding carboxylic acids is 1. The molecule has 5 heteroatoms. The van der Waals surface area contributed by atoms with Crippen LogP contribution >= 0.6 is 0 Å². The molecule has 0 radical (unpaired) electrons. The quantitative estimate of drug-likeness (QED) is 0.389. The average Bonchev–Trinajstić information content (AvgIpc) is 3.06. The number of fused-ring (bicyclic) bond motifs is 5. The Balaban J connectivity index is 1.59. The molecular weight excluding hydrogens is 428 g/mol. The minimum atomic E-state index is -1.34. The molecule has 0 heterocycles. The fourth-order valence-electron chi connectivity index (χ4n) is 9.30. The number of hydrogen-bond donors (Lipinski definition) is 3. The molecule has 0 saturated heterocycles. The van der Waals surface area contributed by atoms with E-state index in [1.165, 1.54) is 6.92 Å². The molecule has 4 aliphatic rings. The maximum absolute atomic E-state index is 11.9. The standard InChI is InChI=1S/C29H48O5/c1-17(2)8-7-9-18(3)22-10-11-23-21-14-25(32)29(33)15-20(34-19(4)30)12-13-28(29,6)26(21)24(31)16-27(22,23)5/h7,9,17-18,20-26,31-33H,8,10-16H2,1-6H3/t18-,20+,21+,22-,23+,24-,25-,26-,27-,28-,29+/m1/s1. The SMILES string of the molecule is CC(=O)O[C@H]1CC[C@]2(C)[C@@H]3[C@@H](C[C@@H](O)[C@@]2(O)C1)[C@@H]1CC[C@H]([C@H](C)C=CCC(C)C)[C@@]1(C)C[C@H]3O. The summed E-state index contributed by atoms with van der Waals surface area (Å²) in [5, 5.41) is 34.9. The van der Waals surface area contributed by atoms with E-state index in [4.69, 9.17) is 4.74 Å². The molecule has 0 unspecified atom stereocenters.